The molecule has 0 amide bonds. The summed E-state index contributed by atoms with van der Waals surface area (Å²) >= 11 is 0. The number of aromatic amines is 1. The van der Waals surface area contributed by atoms with Crippen molar-refractivity contribution in [1.82, 2.24) is 9.88 Å². The monoisotopic (exact) mass is 324 g/mol. The standard InChI is InChI=1S/C16H24N2O5/c1-4-22-15(19)13-11(3)14(16(20)23-5-2)17-12(13)10-18-6-8-21-9-7-18/h17H,4-10H2,1-3H3. The quantitative estimate of drug-likeness (QED) is 0.799. The van der Waals surface area contributed by atoms with Crippen molar-refractivity contribution in [2.45, 2.75) is 27.3 Å². The highest BCUT2D eigenvalue weighted by atomic mass is 16.5. The number of esters is 2. The van der Waals surface area contributed by atoms with E-state index < -0.39 is 11.9 Å². The van der Waals surface area contributed by atoms with Crippen molar-refractivity contribution in [3.05, 3.63) is 22.5 Å². The first-order valence-electron chi connectivity index (χ1n) is 7.94. The minimum absolute atomic E-state index is 0.283. The van der Waals surface area contributed by atoms with Crippen molar-refractivity contribution in [2.24, 2.45) is 0 Å². The van der Waals surface area contributed by atoms with Gasteiger partial charge in [-0.25, -0.2) is 9.59 Å². The Labute approximate surface area is 135 Å². The number of ether oxygens (including phenoxy) is 3. The molecule has 0 aromatic carbocycles. The van der Waals surface area contributed by atoms with E-state index in [1.54, 1.807) is 20.8 Å². The van der Waals surface area contributed by atoms with Gasteiger partial charge in [0.25, 0.3) is 0 Å². The molecule has 1 saturated heterocycles. The van der Waals surface area contributed by atoms with Crippen LogP contribution in [0, 0.1) is 6.92 Å². The summed E-state index contributed by atoms with van der Waals surface area (Å²) < 4.78 is 15.5. The summed E-state index contributed by atoms with van der Waals surface area (Å²) in [6.07, 6.45) is 0. The average Bonchev–Trinajstić information content (AvgIpc) is 2.85. The molecule has 2 heterocycles. The number of nitrogens with one attached hydrogen (secondary N) is 1. The SMILES string of the molecule is CCOC(=O)c1[nH]c(CN2CCOCC2)c(C(=O)OCC)c1C. The van der Waals surface area contributed by atoms with Crippen LogP contribution in [0.5, 0.6) is 0 Å². The number of carbonyl (C=O) groups is 2. The van der Waals surface area contributed by atoms with Gasteiger partial charge in [0, 0.05) is 25.3 Å². The van der Waals surface area contributed by atoms with E-state index in [1.165, 1.54) is 0 Å². The second kappa shape index (κ2) is 8.12. The molecule has 0 saturated carbocycles. The molecule has 0 bridgehead atoms. The molecule has 0 spiro atoms. The Morgan fingerprint density at radius 1 is 1.13 bits per heavy atom. The highest BCUT2D eigenvalue weighted by molar-refractivity contribution is 5.98. The lowest BCUT2D eigenvalue weighted by Crippen LogP contribution is -2.36. The van der Waals surface area contributed by atoms with E-state index in [0.29, 0.717) is 42.3 Å². The molecule has 1 N–H and O–H groups in total. The van der Waals surface area contributed by atoms with Crippen molar-refractivity contribution >= 4 is 11.9 Å². The molecular weight excluding hydrogens is 300 g/mol. The minimum Gasteiger partial charge on any atom is -0.462 e. The number of rotatable bonds is 6. The van der Waals surface area contributed by atoms with Crippen LogP contribution in [-0.2, 0) is 20.8 Å². The van der Waals surface area contributed by atoms with Gasteiger partial charge < -0.3 is 19.2 Å². The molecule has 128 valence electrons. The first-order valence-corrected chi connectivity index (χ1v) is 7.94. The van der Waals surface area contributed by atoms with Gasteiger partial charge in [-0.15, -0.1) is 0 Å². The van der Waals surface area contributed by atoms with Gasteiger partial charge in [-0.05, 0) is 26.3 Å². The summed E-state index contributed by atoms with van der Waals surface area (Å²) in [5.74, 6) is -0.871. The zero-order chi connectivity index (χ0) is 16.8. The fourth-order valence-corrected chi connectivity index (χ4v) is 2.65. The van der Waals surface area contributed by atoms with Crippen LogP contribution in [0.4, 0.5) is 0 Å². The van der Waals surface area contributed by atoms with E-state index in [9.17, 15) is 9.59 Å². The number of morpholine rings is 1. The summed E-state index contributed by atoms with van der Waals surface area (Å²) in [5, 5.41) is 0. The topological polar surface area (TPSA) is 80.9 Å². The summed E-state index contributed by atoms with van der Waals surface area (Å²) in [4.78, 5) is 29.6. The molecule has 1 aliphatic rings. The molecule has 0 radical (unpaired) electrons. The molecule has 1 aliphatic heterocycles. The molecular formula is C16H24N2O5. The average molecular weight is 324 g/mol. The van der Waals surface area contributed by atoms with E-state index in [-0.39, 0.29) is 13.2 Å². The molecule has 1 fully saturated rings. The lowest BCUT2D eigenvalue weighted by molar-refractivity contribution is 0.0330. The summed E-state index contributed by atoms with van der Waals surface area (Å²) in [6.45, 7) is 9.25. The Balaban J connectivity index is 2.31. The van der Waals surface area contributed by atoms with Crippen LogP contribution < -0.4 is 0 Å². The predicted octanol–water partition coefficient (Wildman–Crippen LogP) is 1.51. The van der Waals surface area contributed by atoms with Crippen molar-refractivity contribution in [1.29, 1.82) is 0 Å². The minimum atomic E-state index is -0.455. The molecule has 23 heavy (non-hydrogen) atoms. The smallest absolute Gasteiger partial charge is 0.355 e. The van der Waals surface area contributed by atoms with Crippen molar-refractivity contribution in [3.8, 4) is 0 Å². The third kappa shape index (κ3) is 4.11. The number of carbonyl (C=O) groups excluding carboxylic acids is 2. The zero-order valence-corrected chi connectivity index (χ0v) is 13.9. The Morgan fingerprint density at radius 2 is 1.74 bits per heavy atom. The van der Waals surface area contributed by atoms with Crippen LogP contribution >= 0.6 is 0 Å². The third-order valence-corrected chi connectivity index (χ3v) is 3.77. The lowest BCUT2D eigenvalue weighted by Gasteiger charge is -2.26. The van der Waals surface area contributed by atoms with Gasteiger partial charge in [0.2, 0.25) is 0 Å². The maximum absolute atomic E-state index is 12.3. The number of hydrogen-bond acceptors (Lipinski definition) is 6. The van der Waals surface area contributed by atoms with Crippen molar-refractivity contribution in [3.63, 3.8) is 0 Å². The zero-order valence-electron chi connectivity index (χ0n) is 13.9. The van der Waals surface area contributed by atoms with Gasteiger partial charge >= 0.3 is 11.9 Å². The van der Waals surface area contributed by atoms with Crippen LogP contribution in [0.1, 0.15) is 46.0 Å². The van der Waals surface area contributed by atoms with Gasteiger partial charge in [0.15, 0.2) is 0 Å². The second-order valence-corrected chi connectivity index (χ2v) is 5.31. The summed E-state index contributed by atoms with van der Waals surface area (Å²) in [5.41, 5.74) is 2.01. The lowest BCUT2D eigenvalue weighted by atomic mass is 10.1. The number of hydrogen-bond donors (Lipinski definition) is 1. The Morgan fingerprint density at radius 3 is 2.35 bits per heavy atom. The second-order valence-electron chi connectivity index (χ2n) is 5.31. The van der Waals surface area contributed by atoms with Crippen molar-refractivity contribution < 1.29 is 23.8 Å². The number of aromatic nitrogens is 1. The summed E-state index contributed by atoms with van der Waals surface area (Å²) in [7, 11) is 0. The van der Waals surface area contributed by atoms with E-state index in [1.807, 2.05) is 0 Å². The molecule has 1 aromatic heterocycles. The van der Waals surface area contributed by atoms with E-state index in [0.717, 1.165) is 13.1 Å². The number of nitrogens with zero attached hydrogens (tertiary/aromatic N) is 1. The van der Waals surface area contributed by atoms with Crippen LogP contribution in [0.3, 0.4) is 0 Å². The van der Waals surface area contributed by atoms with Gasteiger partial charge in [-0.3, -0.25) is 4.90 Å². The van der Waals surface area contributed by atoms with Gasteiger partial charge in [-0.1, -0.05) is 0 Å². The largest absolute Gasteiger partial charge is 0.462 e. The first kappa shape index (κ1) is 17.5. The van der Waals surface area contributed by atoms with Gasteiger partial charge in [0.1, 0.15) is 5.69 Å². The molecule has 7 nitrogen and oxygen atoms in total. The first-order chi connectivity index (χ1) is 11.1. The third-order valence-electron chi connectivity index (χ3n) is 3.77. The summed E-state index contributed by atoms with van der Waals surface area (Å²) in [6, 6.07) is 0. The number of H-pyrrole nitrogens is 1. The molecule has 2 rings (SSSR count). The van der Waals surface area contributed by atoms with Crippen LogP contribution in [0.25, 0.3) is 0 Å². The van der Waals surface area contributed by atoms with Crippen LogP contribution in [0.2, 0.25) is 0 Å². The van der Waals surface area contributed by atoms with Crippen LogP contribution in [-0.4, -0.2) is 61.3 Å². The van der Waals surface area contributed by atoms with Gasteiger partial charge in [-0.2, -0.15) is 0 Å². The Kier molecular flexibility index (Phi) is 6.18. The molecule has 0 unspecified atom stereocenters. The van der Waals surface area contributed by atoms with E-state index >= 15 is 0 Å². The molecule has 7 heteroatoms. The molecule has 0 aliphatic carbocycles. The molecule has 1 aromatic rings. The predicted molar refractivity (Wildman–Crippen MR) is 83.5 cm³/mol. The van der Waals surface area contributed by atoms with Crippen LogP contribution in [0.15, 0.2) is 0 Å². The van der Waals surface area contributed by atoms with E-state index in [2.05, 4.69) is 9.88 Å². The van der Waals surface area contributed by atoms with Gasteiger partial charge in [0.05, 0.1) is 32.0 Å². The molecule has 0 atom stereocenters. The van der Waals surface area contributed by atoms with Crippen molar-refractivity contribution in [2.75, 3.05) is 39.5 Å². The maximum atomic E-state index is 12.3. The highest BCUT2D eigenvalue weighted by Crippen LogP contribution is 2.22. The Bertz CT molecular complexity index is 561. The fourth-order valence-electron chi connectivity index (χ4n) is 2.65. The fraction of sp³-hybridized carbons (Fsp3) is 0.625. The normalized spacial score (nSPS) is 15.4. The van der Waals surface area contributed by atoms with E-state index in [4.69, 9.17) is 14.2 Å². The highest BCUT2D eigenvalue weighted by Gasteiger charge is 2.26. The maximum Gasteiger partial charge on any atom is 0.355 e. The Hall–Kier alpha value is -1.86.